The van der Waals surface area contributed by atoms with Gasteiger partial charge < -0.3 is 15.0 Å². The standard InChI is InChI=1S/C40H45ClN8O5/c1-23-4-9-32-37(46(2)40(53)49(32)33-10-11-35(50)44-39(33)52)36(23)25-12-14-47(15-13-25)21-24-5-7-29(8-6-24)48-22-27-17-31(34(54-3)18-30(27)45-48)43-38(51)26-16-28(41)20-42-19-26/h4,9,16-20,22,24-25,29,33H,5-8,10-15,21H2,1-3H3,(H,43,51)(H,44,50,52). The lowest BCUT2D eigenvalue weighted by molar-refractivity contribution is -0.135. The van der Waals surface area contributed by atoms with Crippen molar-refractivity contribution in [1.82, 2.24) is 34.1 Å². The minimum Gasteiger partial charge on any atom is -0.494 e. The van der Waals surface area contributed by atoms with Crippen LogP contribution in [0.5, 0.6) is 5.75 Å². The molecule has 0 bridgehead atoms. The topological polar surface area (TPSA) is 145 Å². The monoisotopic (exact) mass is 752 g/mol. The van der Waals surface area contributed by atoms with Gasteiger partial charge in [-0.3, -0.25) is 38.5 Å². The van der Waals surface area contributed by atoms with Crippen molar-refractivity contribution in [1.29, 1.82) is 0 Å². The minimum absolute atomic E-state index is 0.219. The van der Waals surface area contributed by atoms with E-state index in [0.717, 1.165) is 85.7 Å². The van der Waals surface area contributed by atoms with Crippen LogP contribution in [0.1, 0.15) is 90.9 Å². The molecule has 0 radical (unpaired) electrons. The number of nitrogens with one attached hydrogen (secondary N) is 2. The highest BCUT2D eigenvalue weighted by Crippen LogP contribution is 2.39. The summed E-state index contributed by atoms with van der Waals surface area (Å²) in [5, 5.41) is 11.6. The molecule has 1 aliphatic carbocycles. The van der Waals surface area contributed by atoms with Gasteiger partial charge in [0.05, 0.1) is 46.0 Å². The van der Waals surface area contributed by atoms with Crippen LogP contribution in [0.15, 0.2) is 53.7 Å². The van der Waals surface area contributed by atoms with Gasteiger partial charge in [-0.15, -0.1) is 0 Å². The Balaban J connectivity index is 0.892. The average molecular weight is 753 g/mol. The second kappa shape index (κ2) is 14.7. The molecule has 3 aromatic heterocycles. The van der Waals surface area contributed by atoms with E-state index in [2.05, 4.69) is 44.4 Å². The third kappa shape index (κ3) is 6.79. The summed E-state index contributed by atoms with van der Waals surface area (Å²) < 4.78 is 11.0. The second-order valence-corrected chi connectivity index (χ2v) is 15.6. The van der Waals surface area contributed by atoms with Gasteiger partial charge >= 0.3 is 5.69 Å². The lowest BCUT2D eigenvalue weighted by Gasteiger charge is -2.37. The molecular formula is C40H45ClN8O5. The first-order valence-electron chi connectivity index (χ1n) is 18.8. The Morgan fingerprint density at radius 2 is 1.80 bits per heavy atom. The number of aryl methyl sites for hydroxylation is 2. The molecule has 5 heterocycles. The number of amides is 3. The number of fused-ring (bicyclic) bond motifs is 2. The van der Waals surface area contributed by atoms with Crippen LogP contribution in [-0.2, 0) is 16.6 Å². The van der Waals surface area contributed by atoms with Crippen LogP contribution < -0.4 is 21.1 Å². The number of benzene rings is 2. The molecule has 1 saturated carbocycles. The van der Waals surface area contributed by atoms with E-state index in [9.17, 15) is 19.2 Å². The fourth-order valence-electron chi connectivity index (χ4n) is 8.97. The molecule has 14 heteroatoms. The van der Waals surface area contributed by atoms with Crippen molar-refractivity contribution >= 4 is 56.9 Å². The zero-order valence-electron chi connectivity index (χ0n) is 30.8. The summed E-state index contributed by atoms with van der Waals surface area (Å²) in [4.78, 5) is 57.6. The first-order chi connectivity index (χ1) is 26.1. The Labute approximate surface area is 317 Å². The van der Waals surface area contributed by atoms with Gasteiger partial charge in [-0.25, -0.2) is 4.79 Å². The molecule has 3 fully saturated rings. The van der Waals surface area contributed by atoms with E-state index in [4.69, 9.17) is 21.4 Å². The van der Waals surface area contributed by atoms with Crippen LogP contribution in [0.3, 0.4) is 0 Å². The first-order valence-corrected chi connectivity index (χ1v) is 19.2. The Morgan fingerprint density at radius 1 is 1.02 bits per heavy atom. The number of carbonyl (C=O) groups excluding carboxylic acids is 3. The average Bonchev–Trinajstić information content (AvgIpc) is 3.69. The smallest absolute Gasteiger partial charge is 0.329 e. The molecule has 3 aliphatic rings. The van der Waals surface area contributed by atoms with Crippen LogP contribution >= 0.6 is 11.6 Å². The molecule has 3 amide bonds. The van der Waals surface area contributed by atoms with Gasteiger partial charge in [-0.2, -0.15) is 5.10 Å². The van der Waals surface area contributed by atoms with Gasteiger partial charge in [0.2, 0.25) is 11.8 Å². The van der Waals surface area contributed by atoms with Crippen LogP contribution in [0, 0.1) is 12.8 Å². The molecule has 54 heavy (non-hydrogen) atoms. The van der Waals surface area contributed by atoms with Crippen LogP contribution in [0.2, 0.25) is 5.02 Å². The number of imide groups is 1. The molecule has 2 aliphatic heterocycles. The van der Waals surface area contributed by atoms with Gasteiger partial charge in [0.1, 0.15) is 11.8 Å². The van der Waals surface area contributed by atoms with Crippen molar-refractivity contribution < 1.29 is 19.1 Å². The summed E-state index contributed by atoms with van der Waals surface area (Å²) >= 11 is 6.04. The van der Waals surface area contributed by atoms with Gasteiger partial charge in [-0.1, -0.05) is 17.7 Å². The third-order valence-electron chi connectivity index (χ3n) is 11.8. The molecule has 1 unspecified atom stereocenters. The van der Waals surface area contributed by atoms with Gasteiger partial charge in [-0.05, 0) is 106 Å². The summed E-state index contributed by atoms with van der Waals surface area (Å²) in [6.45, 7) is 5.20. The maximum atomic E-state index is 13.5. The number of imidazole rings is 1. The quantitative estimate of drug-likeness (QED) is 0.187. The van der Waals surface area contributed by atoms with E-state index in [1.165, 1.54) is 18.0 Å². The Bertz CT molecular complexity index is 2330. The van der Waals surface area contributed by atoms with E-state index >= 15 is 0 Å². The Kier molecular flexibility index (Phi) is 9.78. The second-order valence-electron chi connectivity index (χ2n) is 15.2. The predicted molar refractivity (Wildman–Crippen MR) is 206 cm³/mol. The molecular weight excluding hydrogens is 708 g/mol. The Hall–Kier alpha value is -5.01. The zero-order valence-corrected chi connectivity index (χ0v) is 31.6. The highest BCUT2D eigenvalue weighted by molar-refractivity contribution is 6.30. The van der Waals surface area contributed by atoms with E-state index in [1.807, 2.05) is 18.2 Å². The maximum Gasteiger partial charge on any atom is 0.329 e. The third-order valence-corrected chi connectivity index (χ3v) is 12.0. The molecule has 13 nitrogen and oxygen atoms in total. The SMILES string of the molecule is COc1cc2nn(C3CCC(CN4CCC(c5c(C)ccc6c5n(C)c(=O)n6C5CCC(=O)NC5=O)CC4)CC3)cc2cc1NC(=O)c1cncc(Cl)c1. The molecule has 2 N–H and O–H groups in total. The molecule has 2 aromatic carbocycles. The highest BCUT2D eigenvalue weighted by Gasteiger charge is 2.34. The normalized spacial score (nSPS) is 21.4. The van der Waals surface area contributed by atoms with Crippen molar-refractivity contribution in [3.63, 3.8) is 0 Å². The number of aromatic nitrogens is 5. The lowest BCUT2D eigenvalue weighted by atomic mass is 9.83. The summed E-state index contributed by atoms with van der Waals surface area (Å²) in [5.41, 5.74) is 5.56. The largest absolute Gasteiger partial charge is 0.494 e. The van der Waals surface area contributed by atoms with Crippen molar-refractivity contribution in [2.75, 3.05) is 32.1 Å². The van der Waals surface area contributed by atoms with E-state index in [-0.39, 0.29) is 23.9 Å². The molecule has 282 valence electrons. The van der Waals surface area contributed by atoms with Crippen molar-refractivity contribution in [2.45, 2.75) is 76.3 Å². The summed E-state index contributed by atoms with van der Waals surface area (Å²) in [6, 6.07) is 8.98. The van der Waals surface area contributed by atoms with Crippen molar-refractivity contribution in [3.05, 3.63) is 81.1 Å². The van der Waals surface area contributed by atoms with Gasteiger partial charge in [0, 0.05) is 50.1 Å². The molecule has 8 rings (SSSR count). The number of hydrogen-bond acceptors (Lipinski definition) is 8. The highest BCUT2D eigenvalue weighted by atomic mass is 35.5. The first kappa shape index (κ1) is 36.0. The zero-order chi connectivity index (χ0) is 37.7. The number of ether oxygens (including phenoxy) is 1. The number of piperidine rings is 2. The molecule has 5 aromatic rings. The molecule has 1 atom stereocenters. The molecule has 2 saturated heterocycles. The van der Waals surface area contributed by atoms with E-state index in [0.29, 0.717) is 46.3 Å². The van der Waals surface area contributed by atoms with E-state index in [1.54, 1.807) is 29.4 Å². The van der Waals surface area contributed by atoms with Crippen LogP contribution in [0.4, 0.5) is 5.69 Å². The summed E-state index contributed by atoms with van der Waals surface area (Å²) in [6.07, 6.45) is 12.0. The van der Waals surface area contributed by atoms with Crippen LogP contribution in [-0.4, -0.2) is 73.3 Å². The molecule has 0 spiro atoms. The maximum absolute atomic E-state index is 13.5. The fraction of sp³-hybridized carbons (Fsp3) is 0.450. The number of nitrogens with zero attached hydrogens (tertiary/aromatic N) is 6. The number of halogens is 1. The fourth-order valence-corrected chi connectivity index (χ4v) is 9.14. The van der Waals surface area contributed by atoms with Crippen molar-refractivity contribution in [3.8, 4) is 5.75 Å². The number of likely N-dealkylation sites (tertiary alicyclic amines) is 1. The lowest BCUT2D eigenvalue weighted by Crippen LogP contribution is -2.44. The van der Waals surface area contributed by atoms with Gasteiger partial charge in [0.15, 0.2) is 0 Å². The van der Waals surface area contributed by atoms with Gasteiger partial charge in [0.25, 0.3) is 5.91 Å². The number of rotatable bonds is 8. The number of hydrogen-bond donors (Lipinski definition) is 2. The number of pyridine rings is 1. The van der Waals surface area contributed by atoms with Crippen LogP contribution in [0.25, 0.3) is 21.9 Å². The minimum atomic E-state index is -0.687. The number of carbonyl (C=O) groups is 3. The van der Waals surface area contributed by atoms with Crippen molar-refractivity contribution in [2.24, 2.45) is 13.0 Å². The predicted octanol–water partition coefficient (Wildman–Crippen LogP) is 5.90. The summed E-state index contributed by atoms with van der Waals surface area (Å²) in [7, 11) is 3.37. The number of anilines is 1. The van der Waals surface area contributed by atoms with E-state index < -0.39 is 11.9 Å². The number of methoxy groups -OCH3 is 1. The summed E-state index contributed by atoms with van der Waals surface area (Å²) in [5.74, 6) is 0.456. The Morgan fingerprint density at radius 3 is 2.52 bits per heavy atom.